The van der Waals surface area contributed by atoms with Crippen molar-refractivity contribution in [2.24, 2.45) is 11.1 Å². The number of amides is 1. The van der Waals surface area contributed by atoms with E-state index in [2.05, 4.69) is 10.1 Å². The molecule has 0 radical (unpaired) electrons. The molecule has 0 heterocycles. The van der Waals surface area contributed by atoms with Gasteiger partial charge in [-0.15, -0.1) is 0 Å². The summed E-state index contributed by atoms with van der Waals surface area (Å²) in [6, 6.07) is 6.37. The van der Waals surface area contributed by atoms with Crippen molar-refractivity contribution in [2.45, 2.75) is 33.3 Å². The van der Waals surface area contributed by atoms with Crippen LogP contribution in [0.2, 0.25) is 0 Å². The molecule has 1 aromatic carbocycles. The van der Waals surface area contributed by atoms with Crippen molar-refractivity contribution < 1.29 is 18.3 Å². The first kappa shape index (κ1) is 17.4. The zero-order chi connectivity index (χ0) is 15.9. The molecule has 3 N–H and O–H groups in total. The maximum atomic E-state index is 12.0. The summed E-state index contributed by atoms with van der Waals surface area (Å²) in [5.74, 6) is 0.0598. The molecule has 1 amide bonds. The molecule has 1 aromatic rings. The van der Waals surface area contributed by atoms with Gasteiger partial charge in [0.15, 0.2) is 0 Å². The van der Waals surface area contributed by atoms with E-state index in [1.54, 1.807) is 12.1 Å². The highest BCUT2D eigenvalue weighted by Crippen LogP contribution is 2.19. The maximum absolute atomic E-state index is 12.0. The average molecular weight is 300 g/mol. The third-order valence-corrected chi connectivity index (χ3v) is 3.63. The Balaban J connectivity index is 2.44. The lowest BCUT2D eigenvalue weighted by atomic mass is 9.86. The summed E-state index contributed by atoms with van der Waals surface area (Å²) >= 11 is 0. The summed E-state index contributed by atoms with van der Waals surface area (Å²) in [5, 5.41) is 2.85. The zero-order valence-corrected chi connectivity index (χ0v) is 12.4. The Labute approximate surface area is 123 Å². The summed E-state index contributed by atoms with van der Waals surface area (Å²) in [4.78, 5) is 12.0. The Hall–Kier alpha value is -1.69. The van der Waals surface area contributed by atoms with Gasteiger partial charge in [0.1, 0.15) is 5.75 Å². The summed E-state index contributed by atoms with van der Waals surface area (Å²) in [7, 11) is 0. The van der Waals surface area contributed by atoms with Crippen LogP contribution in [0.3, 0.4) is 0 Å². The van der Waals surface area contributed by atoms with E-state index in [1.165, 1.54) is 12.1 Å². The van der Waals surface area contributed by atoms with Gasteiger partial charge in [0, 0.05) is 13.1 Å². The van der Waals surface area contributed by atoms with E-state index in [0.29, 0.717) is 25.9 Å². The molecule has 4 nitrogen and oxygen atoms in total. The molecule has 0 aliphatic carbocycles. The summed E-state index contributed by atoms with van der Waals surface area (Å²) in [5.41, 5.74) is 6.01. The molecule has 0 fully saturated rings. The molecule has 0 saturated heterocycles. The molecule has 0 aliphatic heterocycles. The normalized spacial score (nSPS) is 13.8. The van der Waals surface area contributed by atoms with Gasteiger partial charge in [0.05, 0.1) is 5.41 Å². The fourth-order valence-corrected chi connectivity index (χ4v) is 1.77. The smallest absolute Gasteiger partial charge is 0.387 e. The topological polar surface area (TPSA) is 64.4 Å². The van der Waals surface area contributed by atoms with Crippen LogP contribution >= 0.6 is 0 Å². The minimum atomic E-state index is -2.82. The molecule has 1 rings (SSSR count). The molecule has 0 aliphatic rings. The predicted molar refractivity (Wildman–Crippen MR) is 77.2 cm³/mol. The minimum Gasteiger partial charge on any atom is -0.435 e. The molecule has 21 heavy (non-hydrogen) atoms. The molecule has 0 aromatic heterocycles. The standard InChI is InChI=1S/C15H22F2N2O2/c1-3-15(2,10-18)13(20)19-9-8-11-4-6-12(7-5-11)21-14(16)17/h4-7,14H,3,8-10,18H2,1-2H3,(H,19,20). The molecule has 0 bridgehead atoms. The van der Waals surface area contributed by atoms with Gasteiger partial charge < -0.3 is 15.8 Å². The number of hydrogen-bond acceptors (Lipinski definition) is 3. The Morgan fingerprint density at radius 1 is 1.38 bits per heavy atom. The van der Waals surface area contributed by atoms with Crippen LogP contribution in [0, 0.1) is 5.41 Å². The van der Waals surface area contributed by atoms with E-state index in [-0.39, 0.29) is 11.7 Å². The van der Waals surface area contributed by atoms with Gasteiger partial charge >= 0.3 is 6.61 Å². The molecule has 1 unspecified atom stereocenters. The molecular weight excluding hydrogens is 278 g/mol. The van der Waals surface area contributed by atoms with Crippen LogP contribution < -0.4 is 15.8 Å². The molecule has 1 atom stereocenters. The second-order valence-corrected chi connectivity index (χ2v) is 5.15. The lowest BCUT2D eigenvalue weighted by Gasteiger charge is -2.24. The van der Waals surface area contributed by atoms with E-state index in [9.17, 15) is 13.6 Å². The number of benzene rings is 1. The highest BCUT2D eigenvalue weighted by Gasteiger charge is 2.28. The van der Waals surface area contributed by atoms with Gasteiger partial charge in [0.2, 0.25) is 5.91 Å². The van der Waals surface area contributed by atoms with Gasteiger partial charge in [0.25, 0.3) is 0 Å². The van der Waals surface area contributed by atoms with Crippen molar-refractivity contribution in [1.29, 1.82) is 0 Å². The van der Waals surface area contributed by atoms with E-state index in [1.807, 2.05) is 13.8 Å². The number of hydrogen-bond donors (Lipinski definition) is 2. The quantitative estimate of drug-likeness (QED) is 0.774. The van der Waals surface area contributed by atoms with E-state index in [0.717, 1.165) is 5.56 Å². The fourth-order valence-electron chi connectivity index (χ4n) is 1.77. The van der Waals surface area contributed by atoms with Gasteiger partial charge in [-0.1, -0.05) is 19.1 Å². The largest absolute Gasteiger partial charge is 0.435 e. The van der Waals surface area contributed by atoms with Crippen molar-refractivity contribution in [3.8, 4) is 5.75 Å². The van der Waals surface area contributed by atoms with E-state index in [4.69, 9.17) is 5.73 Å². The second kappa shape index (κ2) is 7.93. The number of ether oxygens (including phenoxy) is 1. The van der Waals surface area contributed by atoms with Crippen LogP contribution in [0.5, 0.6) is 5.75 Å². The average Bonchev–Trinajstić information content (AvgIpc) is 2.47. The molecule has 118 valence electrons. The SMILES string of the molecule is CCC(C)(CN)C(=O)NCCc1ccc(OC(F)F)cc1. The third kappa shape index (κ3) is 5.30. The van der Waals surface area contributed by atoms with E-state index < -0.39 is 12.0 Å². The van der Waals surface area contributed by atoms with Crippen LogP contribution in [-0.4, -0.2) is 25.6 Å². The van der Waals surface area contributed by atoms with Gasteiger partial charge in [-0.25, -0.2) is 0 Å². The first-order chi connectivity index (χ1) is 9.91. The number of carbonyl (C=O) groups excluding carboxylic acids is 1. The van der Waals surface area contributed by atoms with Gasteiger partial charge in [-0.3, -0.25) is 4.79 Å². The summed E-state index contributed by atoms with van der Waals surface area (Å²) in [6.45, 7) is 1.71. The fraction of sp³-hybridized carbons (Fsp3) is 0.533. The number of nitrogens with one attached hydrogen (secondary N) is 1. The summed E-state index contributed by atoms with van der Waals surface area (Å²) < 4.78 is 28.3. The van der Waals surface area contributed by atoms with Crippen LogP contribution in [0.1, 0.15) is 25.8 Å². The minimum absolute atomic E-state index is 0.0647. The highest BCUT2D eigenvalue weighted by atomic mass is 19.3. The van der Waals surface area contributed by atoms with Crippen LogP contribution in [0.25, 0.3) is 0 Å². The number of alkyl halides is 2. The zero-order valence-electron chi connectivity index (χ0n) is 12.4. The maximum Gasteiger partial charge on any atom is 0.387 e. The Bertz CT molecular complexity index is 445. The lowest BCUT2D eigenvalue weighted by Crippen LogP contribution is -2.44. The predicted octanol–water partition coefficient (Wildman–Crippen LogP) is 2.32. The molecular formula is C15H22F2N2O2. The van der Waals surface area contributed by atoms with Crippen molar-refractivity contribution >= 4 is 5.91 Å². The number of nitrogens with two attached hydrogens (primary N) is 1. The lowest BCUT2D eigenvalue weighted by molar-refractivity contribution is -0.129. The molecule has 0 spiro atoms. The van der Waals surface area contributed by atoms with Gasteiger partial charge in [-0.2, -0.15) is 8.78 Å². The number of halogens is 2. The number of carbonyl (C=O) groups is 1. The van der Waals surface area contributed by atoms with E-state index >= 15 is 0 Å². The van der Waals surface area contributed by atoms with Crippen molar-refractivity contribution in [3.05, 3.63) is 29.8 Å². The third-order valence-electron chi connectivity index (χ3n) is 3.63. The first-order valence-corrected chi connectivity index (χ1v) is 6.93. The van der Waals surface area contributed by atoms with Gasteiger partial charge in [-0.05, 0) is 37.5 Å². The van der Waals surface area contributed by atoms with Crippen LogP contribution in [0.4, 0.5) is 8.78 Å². The van der Waals surface area contributed by atoms with Crippen LogP contribution in [-0.2, 0) is 11.2 Å². The van der Waals surface area contributed by atoms with Crippen molar-refractivity contribution in [2.75, 3.05) is 13.1 Å². The Kier molecular flexibility index (Phi) is 6.55. The number of rotatable bonds is 8. The monoisotopic (exact) mass is 300 g/mol. The second-order valence-electron chi connectivity index (χ2n) is 5.15. The molecule has 6 heteroatoms. The Morgan fingerprint density at radius 3 is 2.48 bits per heavy atom. The summed E-state index contributed by atoms with van der Waals surface area (Å²) in [6.07, 6.45) is 1.29. The van der Waals surface area contributed by atoms with Crippen molar-refractivity contribution in [1.82, 2.24) is 5.32 Å². The molecule has 0 saturated carbocycles. The van der Waals surface area contributed by atoms with Crippen LogP contribution in [0.15, 0.2) is 24.3 Å². The first-order valence-electron chi connectivity index (χ1n) is 6.93. The van der Waals surface area contributed by atoms with Crippen molar-refractivity contribution in [3.63, 3.8) is 0 Å². The Morgan fingerprint density at radius 2 is 2.00 bits per heavy atom. The highest BCUT2D eigenvalue weighted by molar-refractivity contribution is 5.82.